The Balaban J connectivity index is 1.83. The van der Waals surface area contributed by atoms with Crippen LogP contribution in [-0.2, 0) is 10.0 Å². The summed E-state index contributed by atoms with van der Waals surface area (Å²) < 4.78 is 40.9. The van der Waals surface area contributed by atoms with E-state index in [1.807, 2.05) is 0 Å². The van der Waals surface area contributed by atoms with Gasteiger partial charge in [-0.1, -0.05) is 6.07 Å². The van der Waals surface area contributed by atoms with Crippen molar-refractivity contribution < 1.29 is 22.4 Å². The maximum Gasteiger partial charge on any atom is 0.255 e. The third-order valence-corrected chi connectivity index (χ3v) is 5.53. The summed E-state index contributed by atoms with van der Waals surface area (Å²) in [6, 6.07) is 9.20. The van der Waals surface area contributed by atoms with Crippen LogP contribution < -0.4 is 15.4 Å². The first-order valence-electron chi connectivity index (χ1n) is 8.25. The molecule has 0 bridgehead atoms. The molecule has 2 aromatic rings. The molecule has 1 aliphatic carbocycles. The third-order valence-electron chi connectivity index (χ3n) is 3.99. The SMILES string of the molecule is CNC(=O)c1cccc(NC(=O)c2ccc(F)c(S(=O)(=O)NC3CC3)c2)c1. The molecule has 3 N–H and O–H groups in total. The van der Waals surface area contributed by atoms with Gasteiger partial charge < -0.3 is 10.6 Å². The molecule has 0 spiro atoms. The van der Waals surface area contributed by atoms with Gasteiger partial charge in [0.1, 0.15) is 10.7 Å². The Morgan fingerprint density at radius 3 is 2.41 bits per heavy atom. The fourth-order valence-electron chi connectivity index (χ4n) is 2.42. The van der Waals surface area contributed by atoms with Crippen molar-refractivity contribution in [3.05, 3.63) is 59.4 Å². The van der Waals surface area contributed by atoms with Gasteiger partial charge in [0.2, 0.25) is 10.0 Å². The van der Waals surface area contributed by atoms with Gasteiger partial charge in [-0.05, 0) is 49.2 Å². The van der Waals surface area contributed by atoms with E-state index in [-0.39, 0.29) is 17.5 Å². The zero-order chi connectivity index (χ0) is 19.6. The van der Waals surface area contributed by atoms with E-state index in [1.54, 1.807) is 18.2 Å². The van der Waals surface area contributed by atoms with E-state index >= 15 is 0 Å². The Morgan fingerprint density at radius 2 is 1.74 bits per heavy atom. The van der Waals surface area contributed by atoms with Gasteiger partial charge in [0.15, 0.2) is 0 Å². The Morgan fingerprint density at radius 1 is 1.04 bits per heavy atom. The van der Waals surface area contributed by atoms with Crippen LogP contribution in [0, 0.1) is 5.82 Å². The number of amides is 2. The van der Waals surface area contributed by atoms with Crippen LogP contribution in [0.25, 0.3) is 0 Å². The van der Waals surface area contributed by atoms with Gasteiger partial charge in [0, 0.05) is 29.9 Å². The second kappa shape index (κ2) is 7.45. The van der Waals surface area contributed by atoms with Crippen molar-refractivity contribution in [1.82, 2.24) is 10.0 Å². The number of carbonyl (C=O) groups is 2. The summed E-state index contributed by atoms with van der Waals surface area (Å²) in [5.41, 5.74) is 0.690. The molecule has 0 saturated heterocycles. The van der Waals surface area contributed by atoms with Crippen molar-refractivity contribution in [2.75, 3.05) is 12.4 Å². The minimum Gasteiger partial charge on any atom is -0.355 e. The molecule has 0 heterocycles. The van der Waals surface area contributed by atoms with E-state index in [2.05, 4.69) is 15.4 Å². The van der Waals surface area contributed by atoms with Gasteiger partial charge in [-0.15, -0.1) is 0 Å². The van der Waals surface area contributed by atoms with E-state index < -0.39 is 26.6 Å². The number of nitrogens with one attached hydrogen (secondary N) is 3. The maximum atomic E-state index is 14.0. The highest BCUT2D eigenvalue weighted by atomic mass is 32.2. The lowest BCUT2D eigenvalue weighted by molar-refractivity contribution is 0.0961. The molecular formula is C18H18FN3O4S. The molecule has 2 aromatic carbocycles. The predicted octanol–water partition coefficient (Wildman–Crippen LogP) is 1.88. The third kappa shape index (κ3) is 4.50. The highest BCUT2D eigenvalue weighted by Crippen LogP contribution is 2.24. The number of benzene rings is 2. The quantitative estimate of drug-likeness (QED) is 0.699. The fraction of sp³-hybridized carbons (Fsp3) is 0.222. The van der Waals surface area contributed by atoms with Gasteiger partial charge in [0.05, 0.1) is 0 Å². The Kier molecular flexibility index (Phi) is 5.24. The van der Waals surface area contributed by atoms with Crippen molar-refractivity contribution in [2.45, 2.75) is 23.8 Å². The largest absolute Gasteiger partial charge is 0.355 e. The second-order valence-corrected chi connectivity index (χ2v) is 7.84. The predicted molar refractivity (Wildman–Crippen MR) is 97.5 cm³/mol. The summed E-state index contributed by atoms with van der Waals surface area (Å²) >= 11 is 0. The number of anilines is 1. The van der Waals surface area contributed by atoms with Crippen LogP contribution in [0.15, 0.2) is 47.4 Å². The lowest BCUT2D eigenvalue weighted by atomic mass is 10.1. The smallest absolute Gasteiger partial charge is 0.255 e. The fourth-order valence-corrected chi connectivity index (χ4v) is 3.83. The van der Waals surface area contributed by atoms with Crippen molar-refractivity contribution in [3.63, 3.8) is 0 Å². The number of sulfonamides is 1. The Bertz CT molecular complexity index is 1000. The van der Waals surface area contributed by atoms with Crippen LogP contribution in [-0.4, -0.2) is 33.3 Å². The number of hydrogen-bond donors (Lipinski definition) is 3. The van der Waals surface area contributed by atoms with Crippen molar-refractivity contribution >= 4 is 27.5 Å². The molecular weight excluding hydrogens is 373 g/mol. The van der Waals surface area contributed by atoms with E-state index in [0.717, 1.165) is 12.1 Å². The summed E-state index contributed by atoms with van der Waals surface area (Å²) in [4.78, 5) is 23.5. The highest BCUT2D eigenvalue weighted by molar-refractivity contribution is 7.89. The Hall–Kier alpha value is -2.78. The van der Waals surface area contributed by atoms with Gasteiger partial charge in [-0.3, -0.25) is 9.59 Å². The molecule has 0 atom stereocenters. The van der Waals surface area contributed by atoms with Gasteiger partial charge >= 0.3 is 0 Å². The highest BCUT2D eigenvalue weighted by Gasteiger charge is 2.30. The normalized spacial score (nSPS) is 13.9. The molecule has 27 heavy (non-hydrogen) atoms. The molecule has 0 aromatic heterocycles. The monoisotopic (exact) mass is 391 g/mol. The van der Waals surface area contributed by atoms with Crippen LogP contribution >= 0.6 is 0 Å². The average molecular weight is 391 g/mol. The lowest BCUT2D eigenvalue weighted by Crippen LogP contribution is -2.27. The maximum absolute atomic E-state index is 14.0. The van der Waals surface area contributed by atoms with Crippen LogP contribution in [0.3, 0.4) is 0 Å². The van der Waals surface area contributed by atoms with Gasteiger partial charge in [0.25, 0.3) is 11.8 Å². The van der Waals surface area contributed by atoms with Crippen molar-refractivity contribution in [2.24, 2.45) is 0 Å². The van der Waals surface area contributed by atoms with E-state index in [1.165, 1.54) is 19.2 Å². The van der Waals surface area contributed by atoms with Crippen LogP contribution in [0.1, 0.15) is 33.6 Å². The van der Waals surface area contributed by atoms with Crippen LogP contribution in [0.5, 0.6) is 0 Å². The second-order valence-electron chi connectivity index (χ2n) is 6.15. The van der Waals surface area contributed by atoms with Crippen molar-refractivity contribution in [1.29, 1.82) is 0 Å². The molecule has 142 valence electrons. The molecule has 0 unspecified atom stereocenters. The standard InChI is InChI=1S/C18H18FN3O4S/c1-20-17(23)11-3-2-4-14(9-11)21-18(24)12-5-8-15(19)16(10-12)27(25,26)22-13-6-7-13/h2-5,8-10,13,22H,6-7H2,1H3,(H,20,23)(H,21,24). The molecule has 0 radical (unpaired) electrons. The number of rotatable bonds is 6. The van der Waals surface area contributed by atoms with Gasteiger partial charge in [-0.2, -0.15) is 0 Å². The van der Waals surface area contributed by atoms with Crippen LogP contribution in [0.4, 0.5) is 10.1 Å². The molecule has 0 aliphatic heterocycles. The minimum atomic E-state index is -4.04. The Labute approximate surface area is 156 Å². The molecule has 1 saturated carbocycles. The first-order chi connectivity index (χ1) is 12.8. The zero-order valence-corrected chi connectivity index (χ0v) is 15.3. The van der Waals surface area contributed by atoms with Crippen LogP contribution in [0.2, 0.25) is 0 Å². The number of halogens is 1. The molecule has 1 fully saturated rings. The van der Waals surface area contributed by atoms with E-state index in [0.29, 0.717) is 24.1 Å². The van der Waals surface area contributed by atoms with Gasteiger partial charge in [-0.25, -0.2) is 17.5 Å². The zero-order valence-electron chi connectivity index (χ0n) is 14.5. The summed E-state index contributed by atoms with van der Waals surface area (Å²) in [5.74, 6) is -1.86. The molecule has 7 nitrogen and oxygen atoms in total. The summed E-state index contributed by atoms with van der Waals surface area (Å²) in [6.07, 6.45) is 1.42. The average Bonchev–Trinajstić information content (AvgIpc) is 3.44. The van der Waals surface area contributed by atoms with E-state index in [9.17, 15) is 22.4 Å². The summed E-state index contributed by atoms with van der Waals surface area (Å²) in [6.45, 7) is 0. The molecule has 2 amide bonds. The molecule has 1 aliphatic rings. The molecule has 9 heteroatoms. The minimum absolute atomic E-state index is 0.0158. The van der Waals surface area contributed by atoms with Crippen molar-refractivity contribution in [3.8, 4) is 0 Å². The summed E-state index contributed by atoms with van der Waals surface area (Å²) in [7, 11) is -2.55. The van der Waals surface area contributed by atoms with E-state index in [4.69, 9.17) is 0 Å². The number of hydrogen-bond acceptors (Lipinski definition) is 4. The topological polar surface area (TPSA) is 104 Å². The summed E-state index contributed by atoms with van der Waals surface area (Å²) in [5, 5.41) is 5.05. The lowest BCUT2D eigenvalue weighted by Gasteiger charge is -2.10. The molecule has 3 rings (SSSR count). The first kappa shape index (κ1) is 19.0. The first-order valence-corrected chi connectivity index (χ1v) is 9.74. The number of carbonyl (C=O) groups excluding carboxylic acids is 2.